The minimum Gasteiger partial charge on any atom is -0.349 e. The molecule has 0 atom stereocenters. The summed E-state index contributed by atoms with van der Waals surface area (Å²) in [6, 6.07) is 6.83. The van der Waals surface area contributed by atoms with Gasteiger partial charge in [0.25, 0.3) is 0 Å². The van der Waals surface area contributed by atoms with E-state index < -0.39 is 10.0 Å². The van der Waals surface area contributed by atoms with Gasteiger partial charge < -0.3 is 9.88 Å². The van der Waals surface area contributed by atoms with E-state index in [0.717, 1.165) is 5.56 Å². The summed E-state index contributed by atoms with van der Waals surface area (Å²) in [6.45, 7) is 2.87. The zero-order valence-electron chi connectivity index (χ0n) is 15.3. The monoisotopic (exact) mass is 409 g/mol. The van der Waals surface area contributed by atoms with Gasteiger partial charge >= 0.3 is 0 Å². The van der Waals surface area contributed by atoms with Crippen molar-refractivity contribution in [1.82, 2.24) is 24.4 Å². The lowest BCUT2D eigenvalue weighted by atomic mass is 9.97. The van der Waals surface area contributed by atoms with Crippen molar-refractivity contribution >= 4 is 28.1 Å². The molecular formula is C17H23N5O3S2. The maximum Gasteiger partial charge on any atom is 0.243 e. The number of H-pyrrole nitrogens is 1. The summed E-state index contributed by atoms with van der Waals surface area (Å²) in [5.74, 6) is 0.353. The van der Waals surface area contributed by atoms with Gasteiger partial charge in [-0.15, -0.1) is 0 Å². The number of carbonyl (C=O) groups excluding carboxylic acids is 1. The molecule has 2 N–H and O–H groups in total. The van der Waals surface area contributed by atoms with Crippen LogP contribution in [0, 0.1) is 17.6 Å². The van der Waals surface area contributed by atoms with Gasteiger partial charge in [-0.3, -0.25) is 9.89 Å². The van der Waals surface area contributed by atoms with Gasteiger partial charge in [-0.25, -0.2) is 8.42 Å². The summed E-state index contributed by atoms with van der Waals surface area (Å²) >= 11 is 5.04. The molecule has 27 heavy (non-hydrogen) atoms. The number of aromatic amines is 1. The molecule has 10 heteroatoms. The number of benzene rings is 1. The highest BCUT2D eigenvalue weighted by molar-refractivity contribution is 7.89. The fourth-order valence-corrected chi connectivity index (χ4v) is 4.69. The number of nitrogens with zero attached hydrogens (tertiary/aromatic N) is 3. The Hall–Kier alpha value is -2.04. The Bertz CT molecular complexity index is 971. The molecule has 0 spiro atoms. The van der Waals surface area contributed by atoms with Gasteiger partial charge in [0.05, 0.1) is 11.4 Å². The second kappa shape index (κ2) is 7.91. The molecule has 3 rings (SSSR count). The minimum absolute atomic E-state index is 0.0868. The number of aryl methyl sites for hydroxylation is 1. The average Bonchev–Trinajstić information content (AvgIpc) is 2.98. The number of rotatable bonds is 5. The molecule has 0 bridgehead atoms. The standard InChI is InChI=1S/C17H23N5O3S2/c1-12-3-5-14(6-4-12)27(24,25)22-9-7-13(8-10-22)16(23)18-11-15-19-20-17(26)21(15)2/h3-6,13H,7-11H2,1-2H3,(H,18,23)(H,20,26). The SMILES string of the molecule is Cc1ccc(S(=O)(=O)N2CCC(C(=O)NCc3n[nH]c(=S)n3C)CC2)cc1. The van der Waals surface area contributed by atoms with Crippen molar-refractivity contribution in [3.63, 3.8) is 0 Å². The van der Waals surface area contributed by atoms with Crippen LogP contribution in [0.2, 0.25) is 0 Å². The Morgan fingerprint density at radius 2 is 1.93 bits per heavy atom. The zero-order chi connectivity index (χ0) is 19.6. The predicted molar refractivity (Wildman–Crippen MR) is 103 cm³/mol. The van der Waals surface area contributed by atoms with Crippen LogP contribution in [-0.4, -0.2) is 46.5 Å². The van der Waals surface area contributed by atoms with Crippen LogP contribution in [0.4, 0.5) is 0 Å². The largest absolute Gasteiger partial charge is 0.349 e. The molecule has 1 aliphatic heterocycles. The summed E-state index contributed by atoms with van der Waals surface area (Å²) < 4.78 is 29.1. The second-order valence-electron chi connectivity index (χ2n) is 6.71. The highest BCUT2D eigenvalue weighted by Crippen LogP contribution is 2.24. The Labute approximate surface area is 163 Å². The van der Waals surface area contributed by atoms with Gasteiger partial charge in [0, 0.05) is 26.1 Å². The smallest absolute Gasteiger partial charge is 0.243 e. The quantitative estimate of drug-likeness (QED) is 0.729. The summed E-state index contributed by atoms with van der Waals surface area (Å²) in [4.78, 5) is 12.7. The van der Waals surface area contributed by atoms with E-state index in [4.69, 9.17) is 12.2 Å². The number of amides is 1. The summed E-state index contributed by atoms with van der Waals surface area (Å²) in [5, 5.41) is 9.59. The lowest BCUT2D eigenvalue weighted by Gasteiger charge is -2.30. The van der Waals surface area contributed by atoms with Gasteiger partial charge in [0.2, 0.25) is 15.9 Å². The van der Waals surface area contributed by atoms with Crippen LogP contribution in [0.5, 0.6) is 0 Å². The molecule has 0 saturated carbocycles. The van der Waals surface area contributed by atoms with Crippen molar-refractivity contribution in [2.24, 2.45) is 13.0 Å². The van der Waals surface area contributed by atoms with Crippen molar-refractivity contribution in [2.75, 3.05) is 13.1 Å². The van der Waals surface area contributed by atoms with Crippen LogP contribution in [0.15, 0.2) is 29.2 Å². The van der Waals surface area contributed by atoms with E-state index >= 15 is 0 Å². The lowest BCUT2D eigenvalue weighted by Crippen LogP contribution is -2.43. The molecule has 1 fully saturated rings. The third-order valence-corrected chi connectivity index (χ3v) is 7.15. The van der Waals surface area contributed by atoms with Crippen LogP contribution in [0.3, 0.4) is 0 Å². The normalized spacial score (nSPS) is 16.4. The Morgan fingerprint density at radius 1 is 1.30 bits per heavy atom. The first-order chi connectivity index (χ1) is 12.8. The van der Waals surface area contributed by atoms with Crippen LogP contribution >= 0.6 is 12.2 Å². The molecule has 0 radical (unpaired) electrons. The maximum absolute atomic E-state index is 12.7. The second-order valence-corrected chi connectivity index (χ2v) is 9.04. The van der Waals surface area contributed by atoms with Crippen molar-refractivity contribution in [3.8, 4) is 0 Å². The molecule has 2 aromatic rings. The number of hydrogen-bond acceptors (Lipinski definition) is 5. The van der Waals surface area contributed by atoms with E-state index in [1.807, 2.05) is 6.92 Å². The molecule has 1 aromatic carbocycles. The van der Waals surface area contributed by atoms with E-state index in [-0.39, 0.29) is 18.4 Å². The summed E-state index contributed by atoms with van der Waals surface area (Å²) in [6.07, 6.45) is 0.992. The summed E-state index contributed by atoms with van der Waals surface area (Å²) in [7, 11) is -1.73. The first kappa shape index (κ1) is 19.7. The number of piperidine rings is 1. The van der Waals surface area contributed by atoms with E-state index in [1.54, 1.807) is 35.9 Å². The Balaban J connectivity index is 1.56. The molecule has 146 valence electrons. The fourth-order valence-electron chi connectivity index (χ4n) is 3.07. The Kier molecular flexibility index (Phi) is 5.78. The number of sulfonamides is 1. The topological polar surface area (TPSA) is 100 Å². The molecule has 2 heterocycles. The minimum atomic E-state index is -3.51. The molecule has 1 aromatic heterocycles. The number of nitrogens with one attached hydrogen (secondary N) is 2. The van der Waals surface area contributed by atoms with E-state index in [1.165, 1.54) is 4.31 Å². The van der Waals surface area contributed by atoms with Gasteiger partial charge in [-0.05, 0) is 44.1 Å². The van der Waals surface area contributed by atoms with Gasteiger partial charge in [0.15, 0.2) is 10.6 Å². The van der Waals surface area contributed by atoms with Crippen LogP contribution in [0.1, 0.15) is 24.2 Å². The third kappa shape index (κ3) is 4.28. The predicted octanol–water partition coefficient (Wildman–Crippen LogP) is 1.50. The van der Waals surface area contributed by atoms with E-state index in [9.17, 15) is 13.2 Å². The van der Waals surface area contributed by atoms with E-state index in [2.05, 4.69) is 15.5 Å². The van der Waals surface area contributed by atoms with Crippen LogP contribution in [0.25, 0.3) is 0 Å². The van der Waals surface area contributed by atoms with Crippen molar-refractivity contribution < 1.29 is 13.2 Å². The maximum atomic E-state index is 12.7. The van der Waals surface area contributed by atoms with Crippen LogP contribution in [-0.2, 0) is 28.4 Å². The molecule has 0 unspecified atom stereocenters. The number of carbonyl (C=O) groups is 1. The van der Waals surface area contributed by atoms with E-state index in [0.29, 0.717) is 41.4 Å². The van der Waals surface area contributed by atoms with Gasteiger partial charge in [-0.1, -0.05) is 17.7 Å². The molecule has 0 aliphatic carbocycles. The Morgan fingerprint density at radius 3 is 2.48 bits per heavy atom. The van der Waals surface area contributed by atoms with Crippen molar-refractivity contribution in [2.45, 2.75) is 31.2 Å². The molecule has 1 aliphatic rings. The summed E-state index contributed by atoms with van der Waals surface area (Å²) in [5.41, 5.74) is 1.01. The van der Waals surface area contributed by atoms with Gasteiger partial charge in [0.1, 0.15) is 0 Å². The van der Waals surface area contributed by atoms with Crippen molar-refractivity contribution in [3.05, 3.63) is 40.4 Å². The molecule has 8 nitrogen and oxygen atoms in total. The highest BCUT2D eigenvalue weighted by atomic mass is 32.2. The third-order valence-electron chi connectivity index (χ3n) is 4.88. The van der Waals surface area contributed by atoms with Gasteiger partial charge in [-0.2, -0.15) is 9.40 Å². The van der Waals surface area contributed by atoms with Crippen LogP contribution < -0.4 is 5.32 Å². The lowest BCUT2D eigenvalue weighted by molar-refractivity contribution is -0.126. The number of hydrogen-bond donors (Lipinski definition) is 2. The van der Waals surface area contributed by atoms with Crippen molar-refractivity contribution in [1.29, 1.82) is 0 Å². The fraction of sp³-hybridized carbons (Fsp3) is 0.471. The average molecular weight is 410 g/mol. The molecule has 1 saturated heterocycles. The molecule has 1 amide bonds. The highest BCUT2D eigenvalue weighted by Gasteiger charge is 2.32. The number of aromatic nitrogens is 3. The molecular weight excluding hydrogens is 386 g/mol. The zero-order valence-corrected chi connectivity index (χ0v) is 16.9. The first-order valence-corrected chi connectivity index (χ1v) is 10.6. The first-order valence-electron chi connectivity index (χ1n) is 8.74.